The van der Waals surface area contributed by atoms with Crippen molar-refractivity contribution in [3.8, 4) is 17.1 Å². The molecule has 5 rings (SSSR count). The maximum absolute atomic E-state index is 12.6. The summed E-state index contributed by atoms with van der Waals surface area (Å²) in [6.45, 7) is 7.13. The standard InChI is InChI=1S/C24H26N4O5/c1-24(2,3)19-11-28-22(16-9-17(29)15(23(31)32)10-27(16)19)14-5-4-6-18(21(14)26-28)33-12-13-7-8-20(30)25-13/h4-6,9-10,13,19H,7-8,11-12H2,1-3H3,(H,25,30)(H,31,32)/t13-,19+/m1/s1. The van der Waals surface area contributed by atoms with Crippen molar-refractivity contribution in [3.63, 3.8) is 0 Å². The molecule has 2 atom stereocenters. The second-order valence-corrected chi connectivity index (χ2v) is 9.83. The number of amides is 1. The minimum Gasteiger partial charge on any atom is -0.489 e. The van der Waals surface area contributed by atoms with Crippen LogP contribution in [0.4, 0.5) is 0 Å². The number of carboxylic acid groups (broad SMARTS) is 1. The SMILES string of the molecule is CC(C)(C)[C@@H]1Cn2nc3c(OC[C@H]4CCC(=O)N4)cccc3c2-c2cc(=O)c(C(=O)O)cn21. The van der Waals surface area contributed by atoms with Crippen LogP contribution >= 0.6 is 0 Å². The van der Waals surface area contributed by atoms with Gasteiger partial charge in [-0.15, -0.1) is 0 Å². The highest BCUT2D eigenvalue weighted by atomic mass is 16.5. The molecule has 2 aliphatic heterocycles. The zero-order chi connectivity index (χ0) is 23.5. The van der Waals surface area contributed by atoms with Gasteiger partial charge in [-0.05, 0) is 17.9 Å². The van der Waals surface area contributed by atoms with E-state index in [0.29, 0.717) is 36.5 Å². The summed E-state index contributed by atoms with van der Waals surface area (Å²) in [4.78, 5) is 35.7. The van der Waals surface area contributed by atoms with Crippen LogP contribution in [0.5, 0.6) is 5.75 Å². The Balaban J connectivity index is 1.63. The van der Waals surface area contributed by atoms with E-state index in [1.807, 2.05) is 27.4 Å². The third-order valence-corrected chi connectivity index (χ3v) is 6.49. The van der Waals surface area contributed by atoms with E-state index in [9.17, 15) is 19.5 Å². The largest absolute Gasteiger partial charge is 0.489 e. The molecule has 9 nitrogen and oxygen atoms in total. The maximum Gasteiger partial charge on any atom is 0.341 e. The lowest BCUT2D eigenvalue weighted by atomic mass is 9.85. The first-order valence-corrected chi connectivity index (χ1v) is 11.0. The summed E-state index contributed by atoms with van der Waals surface area (Å²) in [5.41, 5.74) is 1.09. The number of hydrogen-bond acceptors (Lipinski definition) is 5. The Morgan fingerprint density at radius 1 is 1.30 bits per heavy atom. The molecule has 1 saturated heterocycles. The Labute approximate surface area is 190 Å². The molecule has 9 heteroatoms. The highest BCUT2D eigenvalue weighted by Crippen LogP contribution is 2.43. The number of pyridine rings is 1. The molecule has 0 bridgehead atoms. The number of carbonyl (C=O) groups is 2. The first-order chi connectivity index (χ1) is 15.6. The van der Waals surface area contributed by atoms with Gasteiger partial charge in [0.15, 0.2) is 5.43 Å². The monoisotopic (exact) mass is 450 g/mol. The summed E-state index contributed by atoms with van der Waals surface area (Å²) in [5.74, 6) is -0.587. The van der Waals surface area contributed by atoms with Crippen molar-refractivity contribution in [2.45, 2.75) is 52.2 Å². The van der Waals surface area contributed by atoms with E-state index in [1.54, 1.807) is 0 Å². The lowest BCUT2D eigenvalue weighted by molar-refractivity contribution is -0.119. The number of nitrogens with zero attached hydrogens (tertiary/aromatic N) is 3. The zero-order valence-electron chi connectivity index (χ0n) is 18.8. The number of aromatic nitrogens is 3. The number of benzene rings is 1. The van der Waals surface area contributed by atoms with E-state index in [-0.39, 0.29) is 29.0 Å². The number of rotatable bonds is 4. The molecule has 33 heavy (non-hydrogen) atoms. The van der Waals surface area contributed by atoms with Gasteiger partial charge < -0.3 is 19.7 Å². The fourth-order valence-electron chi connectivity index (χ4n) is 4.74. The van der Waals surface area contributed by atoms with Crippen LogP contribution in [0.3, 0.4) is 0 Å². The highest BCUT2D eigenvalue weighted by Gasteiger charge is 2.35. The van der Waals surface area contributed by atoms with E-state index in [2.05, 4.69) is 26.1 Å². The van der Waals surface area contributed by atoms with E-state index in [0.717, 1.165) is 17.5 Å². The predicted molar refractivity (Wildman–Crippen MR) is 122 cm³/mol. The first-order valence-electron chi connectivity index (χ1n) is 11.0. The second-order valence-electron chi connectivity index (χ2n) is 9.83. The van der Waals surface area contributed by atoms with Crippen molar-refractivity contribution < 1.29 is 19.4 Å². The Morgan fingerprint density at radius 3 is 2.76 bits per heavy atom. The van der Waals surface area contributed by atoms with E-state index >= 15 is 0 Å². The molecule has 1 fully saturated rings. The van der Waals surface area contributed by atoms with Crippen molar-refractivity contribution in [1.29, 1.82) is 0 Å². The summed E-state index contributed by atoms with van der Waals surface area (Å²) in [6.07, 6.45) is 2.71. The average Bonchev–Trinajstić information content (AvgIpc) is 3.33. The number of nitrogens with one attached hydrogen (secondary N) is 1. The summed E-state index contributed by atoms with van der Waals surface area (Å²) in [5, 5.41) is 18.1. The van der Waals surface area contributed by atoms with Gasteiger partial charge in [0.05, 0.1) is 30.0 Å². The summed E-state index contributed by atoms with van der Waals surface area (Å²) >= 11 is 0. The third kappa shape index (κ3) is 3.57. The summed E-state index contributed by atoms with van der Waals surface area (Å²) < 4.78 is 9.84. The van der Waals surface area contributed by atoms with Crippen molar-refractivity contribution in [2.24, 2.45) is 5.41 Å². The van der Waals surface area contributed by atoms with Crippen LogP contribution < -0.4 is 15.5 Å². The van der Waals surface area contributed by atoms with E-state index in [4.69, 9.17) is 9.84 Å². The molecule has 1 aromatic carbocycles. The lowest BCUT2D eigenvalue weighted by Crippen LogP contribution is -2.35. The first kappa shape index (κ1) is 21.2. The predicted octanol–water partition coefficient (Wildman–Crippen LogP) is 2.82. The van der Waals surface area contributed by atoms with Gasteiger partial charge in [-0.3, -0.25) is 14.3 Å². The van der Waals surface area contributed by atoms with Crippen LogP contribution in [0.1, 0.15) is 50.0 Å². The number of carbonyl (C=O) groups excluding carboxylic acids is 1. The average molecular weight is 450 g/mol. The van der Waals surface area contributed by atoms with Crippen LogP contribution in [-0.2, 0) is 11.3 Å². The molecule has 2 aliphatic rings. The smallest absolute Gasteiger partial charge is 0.341 e. The van der Waals surface area contributed by atoms with Gasteiger partial charge >= 0.3 is 5.97 Å². The molecular formula is C24H26N4O5. The number of fused-ring (bicyclic) bond motifs is 5. The molecule has 0 spiro atoms. The number of ether oxygens (including phenoxy) is 1. The van der Waals surface area contributed by atoms with Crippen molar-refractivity contribution in [2.75, 3.05) is 6.61 Å². The van der Waals surface area contributed by atoms with Crippen LogP contribution in [-0.4, -0.2) is 44.0 Å². The molecule has 2 N–H and O–H groups in total. The van der Waals surface area contributed by atoms with Gasteiger partial charge in [-0.25, -0.2) is 4.79 Å². The van der Waals surface area contributed by atoms with Crippen molar-refractivity contribution in [3.05, 3.63) is 46.2 Å². The minimum absolute atomic E-state index is 0.0241. The molecule has 172 valence electrons. The molecule has 4 heterocycles. The van der Waals surface area contributed by atoms with Gasteiger partial charge in [-0.1, -0.05) is 32.9 Å². The Bertz CT molecular complexity index is 1350. The maximum atomic E-state index is 12.6. The van der Waals surface area contributed by atoms with Gasteiger partial charge in [-0.2, -0.15) is 5.10 Å². The topological polar surface area (TPSA) is 115 Å². The molecule has 0 aliphatic carbocycles. The molecule has 0 unspecified atom stereocenters. The van der Waals surface area contributed by atoms with Crippen LogP contribution in [0, 0.1) is 5.41 Å². The van der Waals surface area contributed by atoms with Crippen molar-refractivity contribution >= 4 is 22.8 Å². The fraction of sp³-hybridized carbons (Fsp3) is 0.417. The highest BCUT2D eigenvalue weighted by molar-refractivity contribution is 5.96. The Hall–Kier alpha value is -3.62. The Kier molecular flexibility index (Phi) is 4.81. The Morgan fingerprint density at radius 2 is 2.09 bits per heavy atom. The number of carboxylic acids is 1. The summed E-state index contributed by atoms with van der Waals surface area (Å²) in [6, 6.07) is 6.92. The third-order valence-electron chi connectivity index (χ3n) is 6.49. The molecule has 0 radical (unpaired) electrons. The van der Waals surface area contributed by atoms with Crippen LogP contribution in [0.25, 0.3) is 22.3 Å². The number of hydrogen-bond donors (Lipinski definition) is 2. The molecular weight excluding hydrogens is 424 g/mol. The van der Waals surface area contributed by atoms with Gasteiger partial charge in [0.25, 0.3) is 0 Å². The molecule has 3 aromatic rings. The fourth-order valence-corrected chi connectivity index (χ4v) is 4.74. The number of aromatic carboxylic acids is 1. The van der Waals surface area contributed by atoms with Crippen molar-refractivity contribution in [1.82, 2.24) is 19.7 Å². The lowest BCUT2D eigenvalue weighted by Gasteiger charge is -2.38. The normalized spacial score (nSPS) is 19.8. The van der Waals surface area contributed by atoms with Gasteiger partial charge in [0.1, 0.15) is 23.4 Å². The molecule has 0 saturated carbocycles. The zero-order valence-corrected chi connectivity index (χ0v) is 18.8. The molecule has 1 amide bonds. The van der Waals surface area contributed by atoms with Crippen LogP contribution in [0.15, 0.2) is 35.3 Å². The molecule has 2 aromatic heterocycles. The second kappa shape index (κ2) is 7.47. The van der Waals surface area contributed by atoms with Gasteiger partial charge in [0, 0.05) is 24.1 Å². The summed E-state index contributed by atoms with van der Waals surface area (Å²) in [7, 11) is 0. The van der Waals surface area contributed by atoms with Gasteiger partial charge in [0.2, 0.25) is 5.91 Å². The van der Waals surface area contributed by atoms with Crippen LogP contribution in [0.2, 0.25) is 0 Å². The minimum atomic E-state index is -1.23. The van der Waals surface area contributed by atoms with E-state index < -0.39 is 11.4 Å². The van der Waals surface area contributed by atoms with E-state index in [1.165, 1.54) is 12.3 Å². The quantitative estimate of drug-likeness (QED) is 0.632.